The molecule has 1 aromatic heterocycles. The minimum absolute atomic E-state index is 0.383. The van der Waals surface area contributed by atoms with Gasteiger partial charge in [0.2, 0.25) is 0 Å². The molecule has 1 aromatic carbocycles. The van der Waals surface area contributed by atoms with Crippen molar-refractivity contribution in [3.8, 4) is 11.3 Å². The molecular formula is C14H16N2O2. The molecule has 0 atom stereocenters. The molecular weight excluding hydrogens is 228 g/mol. The fourth-order valence-corrected chi connectivity index (χ4v) is 2.22. The summed E-state index contributed by atoms with van der Waals surface area (Å²) in [5, 5.41) is 0. The van der Waals surface area contributed by atoms with Crippen LogP contribution in [0.2, 0.25) is 0 Å². The summed E-state index contributed by atoms with van der Waals surface area (Å²) in [7, 11) is 0. The van der Waals surface area contributed by atoms with E-state index in [0.29, 0.717) is 5.69 Å². The summed E-state index contributed by atoms with van der Waals surface area (Å²) in [5.41, 5.74) is 5.12. The number of hydrogen-bond donors (Lipinski definition) is 2. The van der Waals surface area contributed by atoms with Crippen LogP contribution in [0.25, 0.3) is 11.3 Å². The molecule has 2 N–H and O–H groups in total. The van der Waals surface area contributed by atoms with E-state index in [1.165, 1.54) is 6.07 Å². The van der Waals surface area contributed by atoms with Gasteiger partial charge < -0.3 is 4.98 Å². The maximum absolute atomic E-state index is 11.4. The van der Waals surface area contributed by atoms with Gasteiger partial charge >= 0.3 is 5.69 Å². The third kappa shape index (κ3) is 2.01. The van der Waals surface area contributed by atoms with Gasteiger partial charge in [0.25, 0.3) is 5.56 Å². The van der Waals surface area contributed by atoms with E-state index in [2.05, 4.69) is 16.0 Å². The fourth-order valence-electron chi connectivity index (χ4n) is 2.22. The lowest BCUT2D eigenvalue weighted by Gasteiger charge is -2.14. The van der Waals surface area contributed by atoms with E-state index in [1.807, 2.05) is 27.7 Å². The molecule has 0 aliphatic heterocycles. The standard InChI is InChI=1S/C14H16N2O2/c1-7-5-8(2)10(4)13(9(7)3)11-6-12(17)16-14(18)15-11/h5-6H,1-4H3,(H2,15,16,17,18). The molecule has 1 heterocycles. The molecule has 0 radical (unpaired) electrons. The molecule has 18 heavy (non-hydrogen) atoms. The lowest BCUT2D eigenvalue weighted by molar-refractivity contribution is 1.04. The number of benzene rings is 1. The Kier molecular flexibility index (Phi) is 2.95. The number of aromatic amines is 2. The number of rotatable bonds is 1. The van der Waals surface area contributed by atoms with Crippen molar-refractivity contribution in [1.29, 1.82) is 0 Å². The van der Waals surface area contributed by atoms with Crippen LogP contribution in [0.3, 0.4) is 0 Å². The average molecular weight is 244 g/mol. The Balaban J connectivity index is 2.86. The first kappa shape index (κ1) is 12.4. The van der Waals surface area contributed by atoms with Crippen LogP contribution >= 0.6 is 0 Å². The van der Waals surface area contributed by atoms with E-state index in [-0.39, 0.29) is 5.56 Å². The van der Waals surface area contributed by atoms with Gasteiger partial charge in [-0.15, -0.1) is 0 Å². The van der Waals surface area contributed by atoms with Crippen molar-refractivity contribution in [2.24, 2.45) is 0 Å². The Morgan fingerprint density at radius 1 is 0.833 bits per heavy atom. The van der Waals surface area contributed by atoms with E-state index in [0.717, 1.165) is 27.8 Å². The van der Waals surface area contributed by atoms with Crippen molar-refractivity contribution in [2.45, 2.75) is 27.7 Å². The van der Waals surface area contributed by atoms with Crippen molar-refractivity contribution < 1.29 is 0 Å². The summed E-state index contributed by atoms with van der Waals surface area (Å²) in [6.07, 6.45) is 0. The van der Waals surface area contributed by atoms with Crippen LogP contribution in [-0.2, 0) is 0 Å². The zero-order valence-electron chi connectivity index (χ0n) is 11.0. The van der Waals surface area contributed by atoms with Crippen LogP contribution < -0.4 is 11.2 Å². The SMILES string of the molecule is Cc1cc(C)c(C)c(-c2cc(=O)[nH]c(=O)[nH]2)c1C. The van der Waals surface area contributed by atoms with E-state index in [9.17, 15) is 9.59 Å². The summed E-state index contributed by atoms with van der Waals surface area (Å²) < 4.78 is 0. The molecule has 0 saturated heterocycles. The highest BCUT2D eigenvalue weighted by Gasteiger charge is 2.11. The third-order valence-corrected chi connectivity index (χ3v) is 3.40. The monoisotopic (exact) mass is 244 g/mol. The molecule has 4 nitrogen and oxygen atoms in total. The maximum atomic E-state index is 11.4. The highest BCUT2D eigenvalue weighted by atomic mass is 16.2. The number of hydrogen-bond acceptors (Lipinski definition) is 2. The maximum Gasteiger partial charge on any atom is 0.326 e. The van der Waals surface area contributed by atoms with Gasteiger partial charge in [-0.3, -0.25) is 9.78 Å². The molecule has 0 spiro atoms. The number of nitrogens with one attached hydrogen (secondary N) is 2. The van der Waals surface area contributed by atoms with Crippen LogP contribution in [0.15, 0.2) is 21.7 Å². The lowest BCUT2D eigenvalue weighted by atomic mass is 9.92. The lowest BCUT2D eigenvalue weighted by Crippen LogP contribution is -2.22. The van der Waals surface area contributed by atoms with Crippen molar-refractivity contribution >= 4 is 0 Å². The van der Waals surface area contributed by atoms with E-state index < -0.39 is 5.69 Å². The molecule has 4 heteroatoms. The van der Waals surface area contributed by atoms with Gasteiger partial charge in [0, 0.05) is 11.6 Å². The van der Waals surface area contributed by atoms with Crippen molar-refractivity contribution in [3.63, 3.8) is 0 Å². The Morgan fingerprint density at radius 2 is 1.39 bits per heavy atom. The van der Waals surface area contributed by atoms with Gasteiger partial charge in [0.05, 0.1) is 5.69 Å². The molecule has 0 unspecified atom stereocenters. The highest BCUT2D eigenvalue weighted by molar-refractivity contribution is 5.70. The molecule has 2 rings (SSSR count). The predicted molar refractivity (Wildman–Crippen MR) is 72.1 cm³/mol. The first-order chi connectivity index (χ1) is 8.40. The Bertz CT molecular complexity index is 669. The van der Waals surface area contributed by atoms with Gasteiger partial charge in [0.1, 0.15) is 0 Å². The first-order valence-electron chi connectivity index (χ1n) is 5.81. The molecule has 0 aliphatic rings. The second-order valence-corrected chi connectivity index (χ2v) is 4.64. The third-order valence-electron chi connectivity index (χ3n) is 3.40. The van der Waals surface area contributed by atoms with E-state index in [4.69, 9.17) is 0 Å². The average Bonchev–Trinajstić information content (AvgIpc) is 2.25. The van der Waals surface area contributed by atoms with Crippen molar-refractivity contribution in [1.82, 2.24) is 9.97 Å². The second-order valence-electron chi connectivity index (χ2n) is 4.64. The smallest absolute Gasteiger partial charge is 0.307 e. The molecule has 0 aliphatic carbocycles. The van der Waals surface area contributed by atoms with E-state index in [1.54, 1.807) is 0 Å². The zero-order valence-corrected chi connectivity index (χ0v) is 11.0. The van der Waals surface area contributed by atoms with E-state index >= 15 is 0 Å². The van der Waals surface area contributed by atoms with Crippen LogP contribution in [-0.4, -0.2) is 9.97 Å². The molecule has 2 aromatic rings. The van der Waals surface area contributed by atoms with Crippen LogP contribution in [0.5, 0.6) is 0 Å². The molecule has 0 amide bonds. The zero-order chi connectivity index (χ0) is 13.4. The number of aromatic nitrogens is 2. The largest absolute Gasteiger partial charge is 0.326 e. The summed E-state index contributed by atoms with van der Waals surface area (Å²) in [4.78, 5) is 27.6. The van der Waals surface area contributed by atoms with Gasteiger partial charge in [-0.05, 0) is 49.9 Å². The minimum Gasteiger partial charge on any atom is -0.307 e. The quantitative estimate of drug-likeness (QED) is 0.805. The Morgan fingerprint density at radius 3 is 1.89 bits per heavy atom. The number of H-pyrrole nitrogens is 2. The second kappa shape index (κ2) is 4.29. The normalized spacial score (nSPS) is 10.7. The fraction of sp³-hybridized carbons (Fsp3) is 0.286. The van der Waals surface area contributed by atoms with Gasteiger partial charge in [-0.1, -0.05) is 6.07 Å². The summed E-state index contributed by atoms with van der Waals surface area (Å²) >= 11 is 0. The Hall–Kier alpha value is -2.10. The molecule has 94 valence electrons. The molecule has 0 fully saturated rings. The highest BCUT2D eigenvalue weighted by Crippen LogP contribution is 2.29. The van der Waals surface area contributed by atoms with Crippen LogP contribution in [0.1, 0.15) is 22.3 Å². The van der Waals surface area contributed by atoms with Gasteiger partial charge in [0.15, 0.2) is 0 Å². The molecule has 0 bridgehead atoms. The summed E-state index contributed by atoms with van der Waals surface area (Å²) in [6, 6.07) is 3.54. The predicted octanol–water partition coefficient (Wildman–Crippen LogP) is 1.96. The summed E-state index contributed by atoms with van der Waals surface area (Å²) in [6.45, 7) is 8.04. The first-order valence-corrected chi connectivity index (χ1v) is 5.81. The van der Waals surface area contributed by atoms with Crippen molar-refractivity contribution in [2.75, 3.05) is 0 Å². The summed E-state index contributed by atoms with van der Waals surface area (Å²) in [5.74, 6) is 0. The number of aryl methyl sites for hydroxylation is 2. The van der Waals surface area contributed by atoms with Gasteiger partial charge in [-0.2, -0.15) is 0 Å². The minimum atomic E-state index is -0.476. The van der Waals surface area contributed by atoms with Crippen LogP contribution in [0.4, 0.5) is 0 Å². The van der Waals surface area contributed by atoms with Gasteiger partial charge in [-0.25, -0.2) is 4.79 Å². The Labute approximate surface area is 105 Å². The molecule has 0 saturated carbocycles. The van der Waals surface area contributed by atoms with Crippen molar-refractivity contribution in [3.05, 3.63) is 55.2 Å². The van der Waals surface area contributed by atoms with Crippen LogP contribution in [0, 0.1) is 27.7 Å². The topological polar surface area (TPSA) is 65.7 Å².